The molecule has 2 aromatic rings. The average molecular weight is 338 g/mol. The standard InChI is InChI=1S/C19H18N2O4/c22-18(20-11-12-24-19(20)23)16-13-25-21(15-9-5-2-6-10-15)17(16)14-7-3-1-4-8-14/h1-10,16-17H,11-13H2/t16-,17+/m0/s1. The molecule has 25 heavy (non-hydrogen) atoms. The summed E-state index contributed by atoms with van der Waals surface area (Å²) in [4.78, 5) is 31.8. The van der Waals surface area contributed by atoms with Crippen LogP contribution in [0.5, 0.6) is 0 Å². The second kappa shape index (κ2) is 6.57. The van der Waals surface area contributed by atoms with Crippen LogP contribution in [-0.4, -0.2) is 36.7 Å². The van der Waals surface area contributed by atoms with E-state index in [0.29, 0.717) is 6.54 Å². The topological polar surface area (TPSA) is 59.1 Å². The van der Waals surface area contributed by atoms with Gasteiger partial charge in [0.25, 0.3) is 0 Å². The Morgan fingerprint density at radius 3 is 2.32 bits per heavy atom. The quantitative estimate of drug-likeness (QED) is 0.861. The maximum Gasteiger partial charge on any atom is 0.416 e. The number of ether oxygens (including phenoxy) is 1. The number of hydrogen-bond acceptors (Lipinski definition) is 5. The van der Waals surface area contributed by atoms with Crippen molar-refractivity contribution in [1.29, 1.82) is 0 Å². The van der Waals surface area contributed by atoms with Gasteiger partial charge in [-0.2, -0.15) is 0 Å². The predicted molar refractivity (Wildman–Crippen MR) is 90.6 cm³/mol. The highest BCUT2D eigenvalue weighted by Gasteiger charge is 2.45. The predicted octanol–water partition coefficient (Wildman–Crippen LogP) is 2.77. The summed E-state index contributed by atoms with van der Waals surface area (Å²) in [5.74, 6) is -0.733. The third-order valence-corrected chi connectivity index (χ3v) is 4.52. The van der Waals surface area contributed by atoms with Crippen LogP contribution in [0.2, 0.25) is 0 Å². The first-order valence-electron chi connectivity index (χ1n) is 8.26. The van der Waals surface area contributed by atoms with Crippen molar-refractivity contribution < 1.29 is 19.2 Å². The summed E-state index contributed by atoms with van der Waals surface area (Å²) in [6.45, 7) is 0.759. The summed E-state index contributed by atoms with van der Waals surface area (Å²) in [7, 11) is 0. The Morgan fingerprint density at radius 2 is 1.68 bits per heavy atom. The number of benzene rings is 2. The van der Waals surface area contributed by atoms with Gasteiger partial charge in [-0.3, -0.25) is 9.63 Å². The Bertz CT molecular complexity index is 766. The van der Waals surface area contributed by atoms with E-state index >= 15 is 0 Å². The minimum Gasteiger partial charge on any atom is -0.447 e. The van der Waals surface area contributed by atoms with Crippen molar-refractivity contribution in [3.05, 3.63) is 66.2 Å². The van der Waals surface area contributed by atoms with Crippen molar-refractivity contribution in [2.75, 3.05) is 24.8 Å². The monoisotopic (exact) mass is 338 g/mol. The smallest absolute Gasteiger partial charge is 0.416 e. The van der Waals surface area contributed by atoms with E-state index in [1.54, 1.807) is 5.06 Å². The second-order valence-electron chi connectivity index (χ2n) is 6.02. The van der Waals surface area contributed by atoms with Gasteiger partial charge in [-0.1, -0.05) is 48.5 Å². The normalized spacial score (nSPS) is 23.0. The molecule has 0 bridgehead atoms. The fourth-order valence-corrected chi connectivity index (χ4v) is 3.32. The van der Waals surface area contributed by atoms with Gasteiger partial charge in [0, 0.05) is 0 Å². The molecule has 2 aliphatic rings. The number of amides is 2. The van der Waals surface area contributed by atoms with Crippen LogP contribution in [-0.2, 0) is 14.4 Å². The number of hydroxylamine groups is 1. The number of carbonyl (C=O) groups is 2. The van der Waals surface area contributed by atoms with Crippen LogP contribution < -0.4 is 5.06 Å². The molecule has 0 N–H and O–H groups in total. The van der Waals surface area contributed by atoms with Crippen molar-refractivity contribution in [2.24, 2.45) is 5.92 Å². The Morgan fingerprint density at radius 1 is 1.00 bits per heavy atom. The van der Waals surface area contributed by atoms with Gasteiger partial charge in [0.1, 0.15) is 6.61 Å². The van der Waals surface area contributed by atoms with Gasteiger partial charge in [0.05, 0.1) is 30.8 Å². The molecule has 2 fully saturated rings. The molecule has 4 rings (SSSR count). The van der Waals surface area contributed by atoms with Gasteiger partial charge >= 0.3 is 6.09 Å². The van der Waals surface area contributed by atoms with E-state index in [1.165, 1.54) is 4.90 Å². The van der Waals surface area contributed by atoms with Crippen molar-refractivity contribution in [1.82, 2.24) is 4.90 Å². The molecule has 0 saturated carbocycles. The molecule has 0 unspecified atom stereocenters. The summed E-state index contributed by atoms with van der Waals surface area (Å²) in [5, 5.41) is 1.76. The number of cyclic esters (lactones) is 1. The van der Waals surface area contributed by atoms with Crippen molar-refractivity contribution in [3.8, 4) is 0 Å². The molecule has 0 aromatic heterocycles. The summed E-state index contributed by atoms with van der Waals surface area (Å²) in [5.41, 5.74) is 1.84. The van der Waals surface area contributed by atoms with E-state index in [4.69, 9.17) is 9.57 Å². The molecular formula is C19H18N2O4. The van der Waals surface area contributed by atoms with Crippen LogP contribution in [0.1, 0.15) is 11.6 Å². The van der Waals surface area contributed by atoms with Gasteiger partial charge in [0.15, 0.2) is 0 Å². The number of carbonyl (C=O) groups excluding carboxylic acids is 2. The fourth-order valence-electron chi connectivity index (χ4n) is 3.32. The van der Waals surface area contributed by atoms with E-state index < -0.39 is 12.0 Å². The van der Waals surface area contributed by atoms with Crippen molar-refractivity contribution >= 4 is 17.7 Å². The summed E-state index contributed by atoms with van der Waals surface area (Å²) < 4.78 is 4.91. The molecule has 0 aliphatic carbocycles. The first-order chi connectivity index (χ1) is 12.3. The highest BCUT2D eigenvalue weighted by molar-refractivity contribution is 5.95. The highest BCUT2D eigenvalue weighted by Crippen LogP contribution is 2.39. The summed E-state index contributed by atoms with van der Waals surface area (Å²) in [6, 6.07) is 19.1. The maximum atomic E-state index is 12.9. The number of hydrogen-bond donors (Lipinski definition) is 0. The van der Waals surface area contributed by atoms with Crippen molar-refractivity contribution in [3.63, 3.8) is 0 Å². The van der Waals surface area contributed by atoms with Gasteiger partial charge in [-0.05, 0) is 17.7 Å². The van der Waals surface area contributed by atoms with Gasteiger partial charge < -0.3 is 4.74 Å². The lowest BCUT2D eigenvalue weighted by molar-refractivity contribution is -0.132. The van der Waals surface area contributed by atoms with Crippen LogP contribution in [0.25, 0.3) is 0 Å². The Balaban J connectivity index is 1.69. The Kier molecular flexibility index (Phi) is 4.11. The van der Waals surface area contributed by atoms with E-state index in [1.807, 2.05) is 60.7 Å². The molecular weight excluding hydrogens is 320 g/mol. The Hall–Kier alpha value is -2.86. The molecule has 0 spiro atoms. The Labute approximate surface area is 145 Å². The number of imide groups is 1. The zero-order chi connectivity index (χ0) is 17.2. The van der Waals surface area contributed by atoms with Gasteiger partial charge in [0.2, 0.25) is 5.91 Å². The van der Waals surface area contributed by atoms with Crippen LogP contribution >= 0.6 is 0 Å². The molecule has 128 valence electrons. The van der Waals surface area contributed by atoms with E-state index in [-0.39, 0.29) is 25.2 Å². The first-order valence-corrected chi connectivity index (χ1v) is 8.26. The lowest BCUT2D eigenvalue weighted by Crippen LogP contribution is -2.40. The molecule has 2 aliphatic heterocycles. The minimum atomic E-state index is -0.574. The molecule has 6 heteroatoms. The van der Waals surface area contributed by atoms with Gasteiger partial charge in [-0.25, -0.2) is 14.8 Å². The number of nitrogens with zero attached hydrogens (tertiary/aromatic N) is 2. The molecule has 0 radical (unpaired) electrons. The molecule has 2 atom stereocenters. The fraction of sp³-hybridized carbons (Fsp3) is 0.263. The van der Waals surface area contributed by atoms with Crippen LogP contribution in [0.15, 0.2) is 60.7 Å². The molecule has 2 amide bonds. The van der Waals surface area contributed by atoms with E-state index in [0.717, 1.165) is 11.3 Å². The van der Waals surface area contributed by atoms with Crippen LogP contribution in [0, 0.1) is 5.92 Å². The largest absolute Gasteiger partial charge is 0.447 e. The minimum absolute atomic E-state index is 0.219. The number of anilines is 1. The third-order valence-electron chi connectivity index (χ3n) is 4.52. The first kappa shape index (κ1) is 15.7. The van der Waals surface area contributed by atoms with Gasteiger partial charge in [-0.15, -0.1) is 0 Å². The van der Waals surface area contributed by atoms with Crippen LogP contribution in [0.3, 0.4) is 0 Å². The lowest BCUT2D eigenvalue weighted by Gasteiger charge is -2.28. The highest BCUT2D eigenvalue weighted by atomic mass is 16.7. The SMILES string of the molecule is O=C1OCCN1C(=O)[C@H]1CON(c2ccccc2)[C@@H]1c1ccccc1. The zero-order valence-corrected chi connectivity index (χ0v) is 13.6. The number of para-hydroxylation sites is 1. The summed E-state index contributed by atoms with van der Waals surface area (Å²) in [6.07, 6.45) is -0.574. The van der Waals surface area contributed by atoms with E-state index in [9.17, 15) is 9.59 Å². The summed E-state index contributed by atoms with van der Waals surface area (Å²) >= 11 is 0. The zero-order valence-electron chi connectivity index (χ0n) is 13.6. The molecule has 2 saturated heterocycles. The average Bonchev–Trinajstić information content (AvgIpc) is 3.29. The molecule has 2 heterocycles. The molecule has 2 aromatic carbocycles. The van der Waals surface area contributed by atoms with Crippen molar-refractivity contribution in [2.45, 2.75) is 6.04 Å². The third kappa shape index (κ3) is 2.85. The second-order valence-corrected chi connectivity index (χ2v) is 6.02. The number of rotatable bonds is 3. The van der Waals surface area contributed by atoms with E-state index in [2.05, 4.69) is 0 Å². The van der Waals surface area contributed by atoms with Crippen LogP contribution in [0.4, 0.5) is 10.5 Å². The lowest BCUT2D eigenvalue weighted by atomic mass is 9.92. The maximum absolute atomic E-state index is 12.9. The molecule has 6 nitrogen and oxygen atoms in total.